The Kier molecular flexibility index (Phi) is 5.59. The van der Waals surface area contributed by atoms with Gasteiger partial charge in [-0.25, -0.2) is 4.79 Å². The lowest BCUT2D eigenvalue weighted by Crippen LogP contribution is -2.09. The van der Waals surface area contributed by atoms with Gasteiger partial charge in [-0.2, -0.15) is 0 Å². The molecule has 0 bridgehead atoms. The smallest absolute Gasteiger partial charge is 0.341 e. The molecule has 5 nitrogen and oxygen atoms in total. The van der Waals surface area contributed by atoms with Crippen LogP contribution in [0.1, 0.15) is 18.9 Å². The molecule has 0 atom stereocenters. The van der Waals surface area contributed by atoms with E-state index in [2.05, 4.69) is 11.9 Å². The maximum atomic E-state index is 10.6. The summed E-state index contributed by atoms with van der Waals surface area (Å²) in [5, 5.41) is 10.2. The molecule has 7 heteroatoms. The zero-order chi connectivity index (χ0) is 18.7. The van der Waals surface area contributed by atoms with Gasteiger partial charge in [0.25, 0.3) is 0 Å². The topological polar surface area (TPSA) is 71.5 Å². The number of halogens is 2. The lowest BCUT2D eigenvalue weighted by molar-refractivity contribution is -0.139. The number of ether oxygens (including phenoxy) is 2. The average molecular weight is 394 g/mol. The number of hydrogen-bond acceptors (Lipinski definition) is 3. The fourth-order valence-corrected chi connectivity index (χ4v) is 3.22. The summed E-state index contributed by atoms with van der Waals surface area (Å²) in [5.74, 6) is 0.0849. The Bertz CT molecular complexity index is 929. The number of nitrogens with one attached hydrogen (secondary N) is 1. The molecule has 0 spiro atoms. The molecule has 2 aromatic carbocycles. The molecule has 0 aliphatic heterocycles. The van der Waals surface area contributed by atoms with Crippen molar-refractivity contribution in [1.82, 2.24) is 4.98 Å². The molecular formula is C19H17Cl2NO4. The Morgan fingerprint density at radius 3 is 2.54 bits per heavy atom. The fraction of sp³-hybridized carbons (Fsp3) is 0.211. The van der Waals surface area contributed by atoms with Crippen LogP contribution in [0, 0.1) is 0 Å². The highest BCUT2D eigenvalue weighted by atomic mass is 35.5. The molecule has 0 fully saturated rings. The SMILES string of the molecule is CCCc1c[nH]c2ccc(Oc3c(Cl)cc(OCC(=O)O)cc3Cl)cc12. The van der Waals surface area contributed by atoms with E-state index in [1.54, 1.807) is 0 Å². The monoisotopic (exact) mass is 393 g/mol. The Morgan fingerprint density at radius 1 is 1.15 bits per heavy atom. The first-order chi connectivity index (χ1) is 12.5. The second kappa shape index (κ2) is 7.89. The minimum absolute atomic E-state index is 0.237. The van der Waals surface area contributed by atoms with Crippen LogP contribution >= 0.6 is 23.2 Å². The number of carbonyl (C=O) groups is 1. The number of aromatic amines is 1. The van der Waals surface area contributed by atoms with E-state index < -0.39 is 12.6 Å². The van der Waals surface area contributed by atoms with Crippen LogP contribution in [0.15, 0.2) is 36.5 Å². The van der Waals surface area contributed by atoms with E-state index in [1.807, 2.05) is 24.4 Å². The summed E-state index contributed by atoms with van der Waals surface area (Å²) in [7, 11) is 0. The zero-order valence-electron chi connectivity index (χ0n) is 14.0. The molecule has 26 heavy (non-hydrogen) atoms. The van der Waals surface area contributed by atoms with Crippen molar-refractivity contribution in [1.29, 1.82) is 0 Å². The van der Waals surface area contributed by atoms with E-state index in [-0.39, 0.29) is 15.8 Å². The molecule has 0 amide bonds. The standard InChI is InChI=1S/C19H17Cl2NO4/c1-2-3-11-9-22-17-5-4-12(6-14(11)17)26-19-15(20)7-13(8-16(19)21)25-10-18(23)24/h4-9,22H,2-3,10H2,1H3,(H,23,24). The van der Waals surface area contributed by atoms with Gasteiger partial charge in [0, 0.05) is 29.2 Å². The molecule has 0 saturated carbocycles. The quantitative estimate of drug-likeness (QED) is 0.541. The van der Waals surface area contributed by atoms with Crippen molar-refractivity contribution in [3.05, 3.63) is 52.1 Å². The summed E-state index contributed by atoms with van der Waals surface area (Å²) in [5.41, 5.74) is 2.26. The highest BCUT2D eigenvalue weighted by Crippen LogP contribution is 2.40. The number of aromatic nitrogens is 1. The summed E-state index contributed by atoms with van der Waals surface area (Å²) >= 11 is 12.5. The van der Waals surface area contributed by atoms with Gasteiger partial charge < -0.3 is 19.6 Å². The van der Waals surface area contributed by atoms with Crippen molar-refractivity contribution >= 4 is 40.1 Å². The first-order valence-electron chi connectivity index (χ1n) is 8.09. The summed E-state index contributed by atoms with van der Waals surface area (Å²) < 4.78 is 11.0. The number of rotatable bonds is 7. The van der Waals surface area contributed by atoms with Crippen LogP contribution in [0.4, 0.5) is 0 Å². The van der Waals surface area contributed by atoms with Crippen molar-refractivity contribution in [2.45, 2.75) is 19.8 Å². The van der Waals surface area contributed by atoms with Gasteiger partial charge in [-0.1, -0.05) is 36.5 Å². The third-order valence-corrected chi connectivity index (χ3v) is 4.37. The number of aryl methyl sites for hydroxylation is 1. The van der Waals surface area contributed by atoms with Crippen molar-refractivity contribution in [2.75, 3.05) is 6.61 Å². The van der Waals surface area contributed by atoms with Gasteiger partial charge in [-0.05, 0) is 30.2 Å². The van der Waals surface area contributed by atoms with Crippen molar-refractivity contribution in [3.8, 4) is 17.2 Å². The number of H-pyrrole nitrogens is 1. The largest absolute Gasteiger partial charge is 0.482 e. The minimum Gasteiger partial charge on any atom is -0.482 e. The first kappa shape index (κ1) is 18.4. The van der Waals surface area contributed by atoms with Gasteiger partial charge in [0.2, 0.25) is 0 Å². The van der Waals surface area contributed by atoms with Crippen LogP contribution in [0.25, 0.3) is 10.9 Å². The van der Waals surface area contributed by atoms with E-state index in [1.165, 1.54) is 17.7 Å². The second-order valence-corrected chi connectivity index (χ2v) is 6.59. The lowest BCUT2D eigenvalue weighted by atomic mass is 10.1. The predicted octanol–water partition coefficient (Wildman–Crippen LogP) is 5.68. The molecule has 3 rings (SSSR count). The van der Waals surface area contributed by atoms with Crippen molar-refractivity contribution in [3.63, 3.8) is 0 Å². The van der Waals surface area contributed by atoms with Gasteiger partial charge in [-0.3, -0.25) is 0 Å². The molecule has 0 aliphatic rings. The molecule has 0 aliphatic carbocycles. The van der Waals surface area contributed by atoms with Crippen molar-refractivity contribution in [2.24, 2.45) is 0 Å². The molecule has 0 radical (unpaired) electrons. The van der Waals surface area contributed by atoms with E-state index in [4.69, 9.17) is 37.8 Å². The second-order valence-electron chi connectivity index (χ2n) is 5.77. The highest BCUT2D eigenvalue weighted by molar-refractivity contribution is 6.37. The average Bonchev–Trinajstić information content (AvgIpc) is 2.99. The van der Waals surface area contributed by atoms with Crippen LogP contribution < -0.4 is 9.47 Å². The molecule has 0 saturated heterocycles. The zero-order valence-corrected chi connectivity index (χ0v) is 15.5. The first-order valence-corrected chi connectivity index (χ1v) is 8.85. The molecule has 1 aromatic heterocycles. The highest BCUT2D eigenvalue weighted by Gasteiger charge is 2.13. The van der Waals surface area contributed by atoms with Crippen LogP contribution in [-0.2, 0) is 11.2 Å². The van der Waals surface area contributed by atoms with Crippen LogP contribution in [0.5, 0.6) is 17.2 Å². The Labute approximate surface area is 160 Å². The summed E-state index contributed by atoms with van der Waals surface area (Å²) in [6.07, 6.45) is 4.03. The number of hydrogen-bond donors (Lipinski definition) is 2. The van der Waals surface area contributed by atoms with Gasteiger partial charge in [-0.15, -0.1) is 0 Å². The minimum atomic E-state index is -1.08. The summed E-state index contributed by atoms with van der Waals surface area (Å²) in [6, 6.07) is 8.66. The van der Waals surface area contributed by atoms with Gasteiger partial charge in [0.05, 0.1) is 10.0 Å². The Hall–Kier alpha value is -2.37. The fourth-order valence-electron chi connectivity index (χ4n) is 2.68. The number of benzene rings is 2. The molecule has 136 valence electrons. The van der Waals surface area contributed by atoms with Crippen molar-refractivity contribution < 1.29 is 19.4 Å². The van der Waals surface area contributed by atoms with E-state index in [0.29, 0.717) is 11.5 Å². The predicted molar refractivity (Wildman–Crippen MR) is 102 cm³/mol. The Balaban J connectivity index is 1.87. The van der Waals surface area contributed by atoms with Gasteiger partial charge in [0.15, 0.2) is 12.4 Å². The Morgan fingerprint density at radius 2 is 1.88 bits per heavy atom. The molecule has 1 heterocycles. The molecule has 0 unspecified atom stereocenters. The number of fused-ring (bicyclic) bond motifs is 1. The van der Waals surface area contributed by atoms with E-state index in [9.17, 15) is 4.79 Å². The third kappa shape index (κ3) is 4.06. The maximum absolute atomic E-state index is 10.6. The van der Waals surface area contributed by atoms with Gasteiger partial charge in [0.1, 0.15) is 11.5 Å². The number of carboxylic acid groups (broad SMARTS) is 1. The van der Waals surface area contributed by atoms with E-state index >= 15 is 0 Å². The molecule has 2 N–H and O–H groups in total. The molecular weight excluding hydrogens is 377 g/mol. The summed E-state index contributed by atoms with van der Waals surface area (Å²) in [4.78, 5) is 13.8. The number of aliphatic carboxylic acids is 1. The van der Waals surface area contributed by atoms with Gasteiger partial charge >= 0.3 is 5.97 Å². The third-order valence-electron chi connectivity index (χ3n) is 3.81. The lowest BCUT2D eigenvalue weighted by Gasteiger charge is -2.12. The van der Waals surface area contributed by atoms with E-state index in [0.717, 1.165) is 23.7 Å². The van der Waals surface area contributed by atoms with Crippen LogP contribution in [0.2, 0.25) is 10.0 Å². The molecule has 3 aromatic rings. The summed E-state index contributed by atoms with van der Waals surface area (Å²) in [6.45, 7) is 1.66. The number of carboxylic acids is 1. The van der Waals surface area contributed by atoms with Crippen LogP contribution in [0.3, 0.4) is 0 Å². The van der Waals surface area contributed by atoms with Crippen LogP contribution in [-0.4, -0.2) is 22.7 Å². The normalized spacial score (nSPS) is 10.9. The maximum Gasteiger partial charge on any atom is 0.341 e.